The van der Waals surface area contributed by atoms with Gasteiger partial charge in [-0.05, 0) is 23.3 Å². The van der Waals surface area contributed by atoms with Crippen molar-refractivity contribution >= 4 is 34.9 Å². The number of urea groups is 1. The lowest BCUT2D eigenvalue weighted by Crippen LogP contribution is -2.60. The normalized spacial score (nSPS) is 21.3. The molecule has 1 unspecified atom stereocenters. The van der Waals surface area contributed by atoms with Gasteiger partial charge in [-0.1, -0.05) is 52.6 Å². The van der Waals surface area contributed by atoms with Gasteiger partial charge < -0.3 is 14.6 Å². The number of amides is 2. The lowest BCUT2D eigenvalue weighted by atomic mass is 9.84. The Kier molecular flexibility index (Phi) is 6.59. The molecule has 0 aliphatic carbocycles. The number of rotatable bonds is 3. The van der Waals surface area contributed by atoms with Gasteiger partial charge in [0.2, 0.25) is 0 Å². The first-order valence-corrected chi connectivity index (χ1v) is 11.4. The molecule has 0 spiro atoms. The van der Waals surface area contributed by atoms with Crippen molar-refractivity contribution in [2.75, 3.05) is 27.2 Å². The molecule has 200 valence electrons. The summed E-state index contributed by atoms with van der Waals surface area (Å²) in [5.41, 5.74) is -7.40. The number of nitrogens with zero attached hydrogens (tertiary/aromatic N) is 3. The minimum atomic E-state index is -5.18. The summed E-state index contributed by atoms with van der Waals surface area (Å²) in [6.07, 6.45) is -11.2. The van der Waals surface area contributed by atoms with Gasteiger partial charge >= 0.3 is 18.4 Å². The molecule has 37 heavy (non-hydrogen) atoms. The summed E-state index contributed by atoms with van der Waals surface area (Å²) in [5.74, 6) is 0. The van der Waals surface area contributed by atoms with E-state index in [-0.39, 0.29) is 42.0 Å². The van der Waals surface area contributed by atoms with Crippen molar-refractivity contribution in [1.82, 2.24) is 9.80 Å². The minimum absolute atomic E-state index is 0.148. The second-order valence-corrected chi connectivity index (χ2v) is 9.81. The second kappa shape index (κ2) is 8.93. The molecule has 0 aromatic heterocycles. The number of oxime groups is 1. The van der Waals surface area contributed by atoms with Crippen LogP contribution in [0.4, 0.5) is 35.5 Å². The highest BCUT2D eigenvalue weighted by molar-refractivity contribution is 6.42. The van der Waals surface area contributed by atoms with E-state index in [4.69, 9.17) is 28.0 Å². The smallest absolute Gasteiger partial charge is 0.374 e. The Morgan fingerprint density at radius 2 is 1.62 bits per heavy atom. The van der Waals surface area contributed by atoms with Gasteiger partial charge in [0, 0.05) is 26.1 Å². The van der Waals surface area contributed by atoms with Crippen LogP contribution in [0.3, 0.4) is 0 Å². The standard InChI is InChI=1S/C23H18Cl2F7N3O2/c1-34(2)19(36)35-10-20(26,11-35)13-5-3-12(4-6-13)17-9-21(37-33-17,23(30,31)32)14-7-15(22(27,28)29)18(25)16(24)8-14/h3-8H,9-11H2,1-2H3. The number of alkyl halides is 7. The summed E-state index contributed by atoms with van der Waals surface area (Å²) in [7, 11) is 3.06. The maximum Gasteiger partial charge on any atom is 0.435 e. The first-order chi connectivity index (χ1) is 17.0. The molecular formula is C23H18Cl2F7N3O2. The highest BCUT2D eigenvalue weighted by atomic mass is 35.5. The first-order valence-electron chi connectivity index (χ1n) is 10.6. The molecule has 14 heteroatoms. The van der Waals surface area contributed by atoms with Gasteiger partial charge in [-0.15, -0.1) is 0 Å². The number of hydrogen-bond donors (Lipinski definition) is 0. The van der Waals surface area contributed by atoms with E-state index in [1.165, 1.54) is 48.2 Å². The minimum Gasteiger partial charge on any atom is -0.374 e. The molecule has 1 fully saturated rings. The third-order valence-corrected chi connectivity index (χ3v) is 7.06. The molecule has 4 rings (SSSR count). The van der Waals surface area contributed by atoms with E-state index < -0.39 is 51.2 Å². The van der Waals surface area contributed by atoms with Crippen LogP contribution in [0.1, 0.15) is 28.7 Å². The second-order valence-electron chi connectivity index (χ2n) is 9.02. The molecule has 0 saturated carbocycles. The van der Waals surface area contributed by atoms with Crippen LogP contribution in [0, 0.1) is 0 Å². The van der Waals surface area contributed by atoms with Crippen LogP contribution < -0.4 is 0 Å². The largest absolute Gasteiger partial charge is 0.435 e. The highest BCUT2D eigenvalue weighted by Crippen LogP contribution is 2.51. The van der Waals surface area contributed by atoms with Crippen molar-refractivity contribution in [2.24, 2.45) is 5.16 Å². The Morgan fingerprint density at radius 1 is 1.03 bits per heavy atom. The average Bonchev–Trinajstić information content (AvgIpc) is 3.24. The van der Waals surface area contributed by atoms with Gasteiger partial charge in [-0.2, -0.15) is 26.3 Å². The zero-order valence-corrected chi connectivity index (χ0v) is 20.7. The van der Waals surface area contributed by atoms with Gasteiger partial charge in [0.25, 0.3) is 5.60 Å². The van der Waals surface area contributed by atoms with Crippen molar-refractivity contribution in [1.29, 1.82) is 0 Å². The van der Waals surface area contributed by atoms with Crippen LogP contribution in [0.25, 0.3) is 0 Å². The monoisotopic (exact) mass is 571 g/mol. The van der Waals surface area contributed by atoms with E-state index in [2.05, 4.69) is 5.16 Å². The fraction of sp³-hybridized carbons (Fsp3) is 0.391. The Labute approximate surface area is 216 Å². The maximum atomic E-state index is 15.2. The predicted octanol–water partition coefficient (Wildman–Crippen LogP) is 6.76. The molecule has 2 aromatic rings. The van der Waals surface area contributed by atoms with Crippen LogP contribution in [0.15, 0.2) is 41.6 Å². The van der Waals surface area contributed by atoms with E-state index >= 15 is 4.39 Å². The summed E-state index contributed by atoms with van der Waals surface area (Å²) in [5, 5.41) is 1.85. The molecule has 1 atom stereocenters. The maximum absolute atomic E-state index is 15.2. The van der Waals surface area contributed by atoms with Gasteiger partial charge in [0.05, 0.1) is 34.4 Å². The van der Waals surface area contributed by atoms with Crippen LogP contribution in [-0.4, -0.2) is 54.9 Å². The summed E-state index contributed by atoms with van der Waals surface area (Å²) in [4.78, 5) is 19.3. The Balaban J connectivity index is 1.60. The zero-order valence-electron chi connectivity index (χ0n) is 19.1. The SMILES string of the molecule is CN(C)C(=O)N1CC(F)(c2ccc(C3=NOC(c4cc(Cl)c(Cl)c(C(F)(F)F)c4)(C(F)(F)F)C3)cc2)C1. The van der Waals surface area contributed by atoms with E-state index in [1.807, 2.05) is 0 Å². The third kappa shape index (κ3) is 4.69. The first kappa shape index (κ1) is 27.3. The van der Waals surface area contributed by atoms with Crippen molar-refractivity contribution in [3.63, 3.8) is 0 Å². The van der Waals surface area contributed by atoms with Crippen molar-refractivity contribution < 1.29 is 40.4 Å². The number of halogens is 9. The molecule has 2 amide bonds. The van der Waals surface area contributed by atoms with Crippen molar-refractivity contribution in [2.45, 2.75) is 30.0 Å². The summed E-state index contributed by atoms with van der Waals surface area (Å²) >= 11 is 11.3. The molecule has 2 aliphatic heterocycles. The summed E-state index contributed by atoms with van der Waals surface area (Å²) in [6, 6.07) is 5.91. The number of benzene rings is 2. The van der Waals surface area contributed by atoms with Gasteiger partial charge in [0.1, 0.15) is 0 Å². The van der Waals surface area contributed by atoms with Gasteiger partial charge in [0.15, 0.2) is 5.67 Å². The lowest BCUT2D eigenvalue weighted by molar-refractivity contribution is -0.276. The average molecular weight is 572 g/mol. The Morgan fingerprint density at radius 3 is 2.14 bits per heavy atom. The zero-order chi connectivity index (χ0) is 27.6. The van der Waals surface area contributed by atoms with E-state index in [0.717, 1.165) is 0 Å². The van der Waals surface area contributed by atoms with Crippen LogP contribution in [0.5, 0.6) is 0 Å². The molecule has 0 radical (unpaired) electrons. The summed E-state index contributed by atoms with van der Waals surface area (Å²) in [6.45, 7) is -0.382. The van der Waals surface area contributed by atoms with E-state index in [1.54, 1.807) is 0 Å². The Hall–Kier alpha value is -2.73. The molecule has 0 N–H and O–H groups in total. The number of hydrogen-bond acceptors (Lipinski definition) is 3. The van der Waals surface area contributed by atoms with Crippen LogP contribution >= 0.6 is 23.2 Å². The molecular weight excluding hydrogens is 554 g/mol. The van der Waals surface area contributed by atoms with E-state index in [9.17, 15) is 31.1 Å². The molecule has 1 saturated heterocycles. The van der Waals surface area contributed by atoms with Gasteiger partial charge in [-0.25, -0.2) is 9.18 Å². The number of carbonyl (C=O) groups excluding carboxylic acids is 1. The summed E-state index contributed by atoms with van der Waals surface area (Å²) < 4.78 is 98.1. The van der Waals surface area contributed by atoms with E-state index in [0.29, 0.717) is 6.07 Å². The molecule has 5 nitrogen and oxygen atoms in total. The lowest BCUT2D eigenvalue weighted by Gasteiger charge is -2.45. The molecule has 2 aromatic carbocycles. The fourth-order valence-corrected chi connectivity index (χ4v) is 4.64. The third-order valence-electron chi connectivity index (χ3n) is 6.26. The topological polar surface area (TPSA) is 45.1 Å². The Bertz CT molecular complexity index is 1260. The van der Waals surface area contributed by atoms with Crippen LogP contribution in [-0.2, 0) is 22.3 Å². The van der Waals surface area contributed by atoms with Gasteiger partial charge in [-0.3, -0.25) is 0 Å². The van der Waals surface area contributed by atoms with Crippen molar-refractivity contribution in [3.05, 3.63) is 68.7 Å². The number of carbonyl (C=O) groups is 1. The quantitative estimate of drug-likeness (QED) is 0.382. The highest BCUT2D eigenvalue weighted by Gasteiger charge is 2.63. The van der Waals surface area contributed by atoms with Crippen molar-refractivity contribution in [3.8, 4) is 0 Å². The molecule has 2 aliphatic rings. The number of likely N-dealkylation sites (tertiary alicyclic amines) is 1. The molecule has 2 heterocycles. The van der Waals surface area contributed by atoms with Crippen LogP contribution in [0.2, 0.25) is 10.0 Å². The fourth-order valence-electron chi connectivity index (χ4n) is 4.21. The molecule has 0 bridgehead atoms. The predicted molar refractivity (Wildman–Crippen MR) is 121 cm³/mol.